The number of amides is 1. The van der Waals surface area contributed by atoms with E-state index in [2.05, 4.69) is 15.0 Å². The van der Waals surface area contributed by atoms with Gasteiger partial charge in [0.2, 0.25) is 0 Å². The van der Waals surface area contributed by atoms with Gasteiger partial charge in [-0.3, -0.25) is 24.0 Å². The Kier molecular flexibility index (Phi) is 10.7. The summed E-state index contributed by atoms with van der Waals surface area (Å²) in [5.74, 6) is -4.65. The number of benzene rings is 3. The van der Waals surface area contributed by atoms with E-state index in [1.807, 2.05) is 0 Å². The zero-order valence-corrected chi connectivity index (χ0v) is 29.3. The molecule has 2 heterocycles. The number of nitrogens with zero attached hydrogens (tertiary/aromatic N) is 3. The lowest BCUT2D eigenvalue weighted by Gasteiger charge is -2.25. The van der Waals surface area contributed by atoms with Crippen molar-refractivity contribution in [2.75, 3.05) is 11.3 Å². The van der Waals surface area contributed by atoms with Gasteiger partial charge in [0.05, 0.1) is 35.1 Å². The number of nitrogens with one attached hydrogen (secondary N) is 2. The maximum absolute atomic E-state index is 15.4. The molecule has 1 aliphatic rings. The minimum Gasteiger partial charge on any atom is -0.492 e. The first-order valence-corrected chi connectivity index (χ1v) is 18.3. The number of sulfonamides is 1. The van der Waals surface area contributed by atoms with Crippen LogP contribution in [0.4, 0.5) is 14.5 Å². The number of fused-ring (bicyclic) bond motifs is 1. The number of pyridine rings is 1. The highest BCUT2D eigenvalue weighted by molar-refractivity contribution is 7.92. The number of rotatable bonds is 12. The van der Waals surface area contributed by atoms with Crippen LogP contribution in [0, 0.1) is 11.6 Å². The second kappa shape index (κ2) is 15.4. The summed E-state index contributed by atoms with van der Waals surface area (Å²) >= 11 is 0. The summed E-state index contributed by atoms with van der Waals surface area (Å²) in [5.41, 5.74) is 0.0367. The Labute approximate surface area is 298 Å². The molecule has 12 nitrogen and oxygen atoms in total. The van der Waals surface area contributed by atoms with E-state index in [0.717, 1.165) is 19.3 Å². The number of carbonyl (C=O) groups excluding carboxylic acids is 2. The molecule has 1 fully saturated rings. The van der Waals surface area contributed by atoms with Gasteiger partial charge in [0.15, 0.2) is 0 Å². The third kappa shape index (κ3) is 7.68. The molecule has 1 aliphatic carbocycles. The molecular formula is C37H37F2N5O7S. The fourth-order valence-electron chi connectivity index (χ4n) is 6.34. The molecular weight excluding hydrogens is 696 g/mol. The number of para-hydroxylation sites is 1. The molecule has 1 saturated carbocycles. The second-order valence-electron chi connectivity index (χ2n) is 12.4. The van der Waals surface area contributed by atoms with E-state index in [-0.39, 0.29) is 35.3 Å². The van der Waals surface area contributed by atoms with Crippen LogP contribution in [0.25, 0.3) is 16.6 Å². The summed E-state index contributed by atoms with van der Waals surface area (Å²) in [6, 6.07) is 14.2. The Bertz CT molecular complexity index is 2260. The van der Waals surface area contributed by atoms with Gasteiger partial charge in [-0.1, -0.05) is 30.7 Å². The molecule has 5 aromatic rings. The van der Waals surface area contributed by atoms with Crippen molar-refractivity contribution in [3.8, 4) is 11.4 Å². The summed E-state index contributed by atoms with van der Waals surface area (Å²) in [4.78, 5) is 43.8. The molecule has 2 N–H and O–H groups in total. The third-order valence-electron chi connectivity index (χ3n) is 8.88. The Morgan fingerprint density at radius 2 is 1.69 bits per heavy atom. The van der Waals surface area contributed by atoms with Crippen molar-refractivity contribution in [2.24, 2.45) is 7.05 Å². The molecule has 0 saturated heterocycles. The Morgan fingerprint density at radius 1 is 1.00 bits per heavy atom. The van der Waals surface area contributed by atoms with Crippen LogP contribution in [0.15, 0.2) is 88.8 Å². The highest BCUT2D eigenvalue weighted by Crippen LogP contribution is 2.28. The number of carbonyl (C=O) groups is 2. The SMILES string of the molecule is CCOc1ccccc1S(=O)(=O)Nc1cc(F)c(C(=O)N[C@@H](Cc2ccc(-n3c(=O)c4ccncc4n3C)cc2)C(=O)OC2CCCCC2)c(F)c1. The van der Waals surface area contributed by atoms with Crippen LogP contribution in [0.2, 0.25) is 0 Å². The zero-order valence-electron chi connectivity index (χ0n) is 28.5. The molecule has 0 aliphatic heterocycles. The molecule has 6 rings (SSSR count). The quantitative estimate of drug-likeness (QED) is 0.162. The van der Waals surface area contributed by atoms with Crippen LogP contribution in [0.3, 0.4) is 0 Å². The van der Waals surface area contributed by atoms with E-state index in [4.69, 9.17) is 9.47 Å². The average molecular weight is 734 g/mol. The number of aromatic nitrogens is 3. The van der Waals surface area contributed by atoms with Gasteiger partial charge < -0.3 is 14.8 Å². The van der Waals surface area contributed by atoms with Gasteiger partial charge in [-0.15, -0.1) is 0 Å². The lowest BCUT2D eigenvalue weighted by atomic mass is 9.97. The van der Waals surface area contributed by atoms with Crippen molar-refractivity contribution in [1.29, 1.82) is 0 Å². The molecule has 1 amide bonds. The van der Waals surface area contributed by atoms with Crippen LogP contribution < -0.4 is 20.3 Å². The standard InChI is InChI=1S/C37H37F2N5O7S/c1-3-50-32-11-7-8-12-33(32)52(48,49)42-24-20-28(38)34(29(39)21-24)35(45)41-30(37(47)51-26-9-5-4-6-10-26)19-23-13-15-25(16-14-23)44-36(46)27-17-18-40-22-31(27)43(44)2/h7-8,11-18,20-22,26,30,42H,3-6,9-10,19H2,1-2H3,(H,41,45)/t30-/m0/s1. The van der Waals surface area contributed by atoms with Crippen LogP contribution in [-0.4, -0.2) is 53.4 Å². The largest absolute Gasteiger partial charge is 0.492 e. The van der Waals surface area contributed by atoms with E-state index in [9.17, 15) is 22.8 Å². The number of aryl methyl sites for hydroxylation is 1. The van der Waals surface area contributed by atoms with Crippen LogP contribution in [0.5, 0.6) is 5.75 Å². The Morgan fingerprint density at radius 3 is 2.37 bits per heavy atom. The van der Waals surface area contributed by atoms with Gasteiger partial charge in [0.1, 0.15) is 40.0 Å². The molecule has 0 radical (unpaired) electrons. The van der Waals surface area contributed by atoms with Crippen molar-refractivity contribution >= 4 is 38.5 Å². The lowest BCUT2D eigenvalue weighted by Crippen LogP contribution is -2.45. The molecule has 3 aromatic carbocycles. The number of halogens is 2. The van der Waals surface area contributed by atoms with E-state index >= 15 is 8.78 Å². The minimum atomic E-state index is -4.34. The van der Waals surface area contributed by atoms with Crippen LogP contribution >= 0.6 is 0 Å². The number of anilines is 1. The van der Waals surface area contributed by atoms with Gasteiger partial charge in [-0.25, -0.2) is 26.7 Å². The highest BCUT2D eigenvalue weighted by Gasteiger charge is 2.30. The van der Waals surface area contributed by atoms with Gasteiger partial charge in [0.25, 0.3) is 21.5 Å². The first kappa shape index (κ1) is 36.2. The molecule has 0 unspecified atom stereocenters. The van der Waals surface area contributed by atoms with Crippen molar-refractivity contribution in [1.82, 2.24) is 19.7 Å². The van der Waals surface area contributed by atoms with E-state index in [0.29, 0.717) is 47.1 Å². The van der Waals surface area contributed by atoms with E-state index in [1.165, 1.54) is 29.1 Å². The minimum absolute atomic E-state index is 0.0511. The van der Waals surface area contributed by atoms with Gasteiger partial charge in [0, 0.05) is 19.7 Å². The topological polar surface area (TPSA) is 151 Å². The fourth-order valence-corrected chi connectivity index (χ4v) is 7.53. The monoisotopic (exact) mass is 733 g/mol. The van der Waals surface area contributed by atoms with Crippen molar-refractivity contribution in [3.05, 3.63) is 112 Å². The number of hydrogen-bond donors (Lipinski definition) is 2. The summed E-state index contributed by atoms with van der Waals surface area (Å²) in [6.07, 6.45) is 6.77. The summed E-state index contributed by atoms with van der Waals surface area (Å²) < 4.78 is 73.4. The lowest BCUT2D eigenvalue weighted by molar-refractivity contribution is -0.152. The predicted molar refractivity (Wildman–Crippen MR) is 189 cm³/mol. The molecule has 0 bridgehead atoms. The predicted octanol–water partition coefficient (Wildman–Crippen LogP) is 5.42. The average Bonchev–Trinajstić information content (AvgIpc) is 3.37. The second-order valence-corrected chi connectivity index (χ2v) is 14.1. The Hall–Kier alpha value is -5.57. The maximum Gasteiger partial charge on any atom is 0.329 e. The van der Waals surface area contributed by atoms with Crippen molar-refractivity contribution in [3.63, 3.8) is 0 Å². The van der Waals surface area contributed by atoms with Gasteiger partial charge >= 0.3 is 5.97 Å². The van der Waals surface area contributed by atoms with Gasteiger partial charge in [-0.2, -0.15) is 0 Å². The maximum atomic E-state index is 15.4. The normalized spacial score (nSPS) is 14.2. The summed E-state index contributed by atoms with van der Waals surface area (Å²) in [6.45, 7) is 1.86. The first-order valence-electron chi connectivity index (χ1n) is 16.8. The molecule has 0 spiro atoms. The summed E-state index contributed by atoms with van der Waals surface area (Å²) in [7, 11) is -2.61. The molecule has 2 aromatic heterocycles. The third-order valence-corrected chi connectivity index (χ3v) is 10.3. The van der Waals surface area contributed by atoms with Gasteiger partial charge in [-0.05, 0) is 80.6 Å². The van der Waals surface area contributed by atoms with Crippen molar-refractivity contribution in [2.45, 2.75) is 62.5 Å². The number of ether oxygens (including phenoxy) is 2. The Balaban J connectivity index is 1.23. The molecule has 1 atom stereocenters. The molecule has 52 heavy (non-hydrogen) atoms. The van der Waals surface area contributed by atoms with Crippen molar-refractivity contribution < 1.29 is 36.3 Å². The molecule has 272 valence electrons. The van der Waals surface area contributed by atoms with Crippen LogP contribution in [-0.2, 0) is 33.0 Å². The highest BCUT2D eigenvalue weighted by atomic mass is 32.2. The number of hydrogen-bond acceptors (Lipinski definition) is 8. The number of esters is 1. The van der Waals surface area contributed by atoms with E-state index in [1.54, 1.807) is 61.2 Å². The fraction of sp³-hybridized carbons (Fsp3) is 0.297. The molecule has 15 heteroatoms. The smallest absolute Gasteiger partial charge is 0.329 e. The zero-order chi connectivity index (χ0) is 37.0. The summed E-state index contributed by atoms with van der Waals surface area (Å²) in [5, 5.41) is 2.93. The van der Waals surface area contributed by atoms with Crippen LogP contribution in [0.1, 0.15) is 54.9 Å². The van der Waals surface area contributed by atoms with E-state index < -0.39 is 50.8 Å². The first-order chi connectivity index (χ1) is 25.0.